The summed E-state index contributed by atoms with van der Waals surface area (Å²) in [4.78, 5) is 7.30. The van der Waals surface area contributed by atoms with E-state index in [1.54, 1.807) is 0 Å². The van der Waals surface area contributed by atoms with Crippen molar-refractivity contribution >= 4 is 11.3 Å². The first-order valence-corrected chi connectivity index (χ1v) is 8.04. The Morgan fingerprint density at radius 2 is 2.22 bits per heavy atom. The molecule has 0 aromatic carbocycles. The Labute approximate surface area is 114 Å². The third-order valence-corrected chi connectivity index (χ3v) is 5.51. The van der Waals surface area contributed by atoms with E-state index in [-0.39, 0.29) is 0 Å². The summed E-state index contributed by atoms with van der Waals surface area (Å²) in [6.45, 7) is 8.22. The summed E-state index contributed by atoms with van der Waals surface area (Å²) in [6, 6.07) is 0. The zero-order valence-electron chi connectivity index (χ0n) is 11.2. The fourth-order valence-electron chi connectivity index (χ4n) is 3.34. The molecule has 1 aromatic heterocycles. The van der Waals surface area contributed by atoms with Crippen molar-refractivity contribution < 1.29 is 0 Å². The van der Waals surface area contributed by atoms with Crippen LogP contribution in [0.1, 0.15) is 36.9 Å². The number of nitrogens with zero attached hydrogens (tertiary/aromatic N) is 2. The Kier molecular flexibility index (Phi) is 3.68. The largest absolute Gasteiger partial charge is 0.317 e. The zero-order chi connectivity index (χ0) is 12.4. The lowest BCUT2D eigenvalue weighted by molar-refractivity contribution is 0.193. The lowest BCUT2D eigenvalue weighted by Crippen LogP contribution is -2.38. The molecule has 1 spiro atoms. The van der Waals surface area contributed by atoms with Gasteiger partial charge in [-0.1, -0.05) is 6.92 Å². The molecule has 100 valence electrons. The van der Waals surface area contributed by atoms with Crippen molar-refractivity contribution in [2.75, 3.05) is 26.2 Å². The smallest absolute Gasteiger partial charge is 0.0926 e. The molecule has 3 nitrogen and oxygen atoms in total. The van der Waals surface area contributed by atoms with Crippen molar-refractivity contribution in [3.63, 3.8) is 0 Å². The maximum atomic E-state index is 4.69. The fraction of sp³-hybridized carbons (Fsp3) is 0.786. The SMILES string of the molecule is CCc1nc(CN2CCC3(CCNCC3)C2)cs1. The van der Waals surface area contributed by atoms with E-state index in [1.807, 2.05) is 11.3 Å². The number of aromatic nitrogens is 1. The highest BCUT2D eigenvalue weighted by Crippen LogP contribution is 2.38. The third-order valence-electron chi connectivity index (χ3n) is 4.47. The second-order valence-electron chi connectivity index (χ2n) is 5.80. The summed E-state index contributed by atoms with van der Waals surface area (Å²) in [5.41, 5.74) is 1.90. The molecule has 0 aliphatic carbocycles. The Morgan fingerprint density at radius 3 is 2.94 bits per heavy atom. The van der Waals surface area contributed by atoms with Crippen LogP contribution in [0.15, 0.2) is 5.38 Å². The van der Waals surface area contributed by atoms with E-state index in [2.05, 4.69) is 22.5 Å². The number of piperidine rings is 1. The summed E-state index contributed by atoms with van der Waals surface area (Å²) in [5.74, 6) is 0. The van der Waals surface area contributed by atoms with Crippen LogP contribution in [-0.4, -0.2) is 36.1 Å². The monoisotopic (exact) mass is 265 g/mol. The summed E-state index contributed by atoms with van der Waals surface area (Å²) >= 11 is 1.81. The van der Waals surface area contributed by atoms with Crippen molar-refractivity contribution in [2.45, 2.75) is 39.2 Å². The topological polar surface area (TPSA) is 28.2 Å². The molecule has 0 unspecified atom stereocenters. The average Bonchev–Trinajstić information content (AvgIpc) is 2.99. The molecule has 4 heteroatoms. The molecule has 2 fully saturated rings. The number of nitrogens with one attached hydrogen (secondary N) is 1. The predicted molar refractivity (Wildman–Crippen MR) is 75.9 cm³/mol. The van der Waals surface area contributed by atoms with Crippen LogP contribution in [-0.2, 0) is 13.0 Å². The highest BCUT2D eigenvalue weighted by atomic mass is 32.1. The first-order chi connectivity index (χ1) is 8.80. The number of hydrogen-bond acceptors (Lipinski definition) is 4. The van der Waals surface area contributed by atoms with Gasteiger partial charge in [-0.3, -0.25) is 4.90 Å². The van der Waals surface area contributed by atoms with E-state index in [9.17, 15) is 0 Å². The first kappa shape index (κ1) is 12.6. The van der Waals surface area contributed by atoms with Gasteiger partial charge in [0.05, 0.1) is 10.7 Å². The number of aryl methyl sites for hydroxylation is 1. The Morgan fingerprint density at radius 1 is 1.39 bits per heavy atom. The molecule has 0 amide bonds. The van der Waals surface area contributed by atoms with Crippen molar-refractivity contribution in [1.82, 2.24) is 15.2 Å². The van der Waals surface area contributed by atoms with Crippen LogP contribution in [0.25, 0.3) is 0 Å². The minimum Gasteiger partial charge on any atom is -0.317 e. The van der Waals surface area contributed by atoms with E-state index in [1.165, 1.54) is 56.1 Å². The molecule has 0 radical (unpaired) electrons. The highest BCUT2D eigenvalue weighted by Gasteiger charge is 2.38. The van der Waals surface area contributed by atoms with Gasteiger partial charge in [-0.05, 0) is 50.7 Å². The zero-order valence-corrected chi connectivity index (χ0v) is 12.1. The van der Waals surface area contributed by atoms with Crippen molar-refractivity contribution in [2.24, 2.45) is 5.41 Å². The van der Waals surface area contributed by atoms with Gasteiger partial charge < -0.3 is 5.32 Å². The molecule has 2 aliphatic heterocycles. The van der Waals surface area contributed by atoms with Gasteiger partial charge in [-0.15, -0.1) is 11.3 Å². The molecule has 0 saturated carbocycles. The highest BCUT2D eigenvalue weighted by molar-refractivity contribution is 7.09. The lowest BCUT2D eigenvalue weighted by atomic mass is 9.78. The maximum absolute atomic E-state index is 4.69. The van der Waals surface area contributed by atoms with E-state index >= 15 is 0 Å². The van der Waals surface area contributed by atoms with Crippen LogP contribution >= 0.6 is 11.3 Å². The van der Waals surface area contributed by atoms with E-state index in [0.29, 0.717) is 5.41 Å². The van der Waals surface area contributed by atoms with Crippen LogP contribution in [0.4, 0.5) is 0 Å². The van der Waals surface area contributed by atoms with E-state index in [4.69, 9.17) is 4.98 Å². The van der Waals surface area contributed by atoms with Crippen molar-refractivity contribution in [3.8, 4) is 0 Å². The standard InChI is InChI=1S/C14H23N3S/c1-2-13-16-12(10-18-13)9-17-8-5-14(11-17)3-6-15-7-4-14/h10,15H,2-9,11H2,1H3. The first-order valence-electron chi connectivity index (χ1n) is 7.16. The maximum Gasteiger partial charge on any atom is 0.0926 e. The second-order valence-corrected chi connectivity index (χ2v) is 6.74. The normalized spacial score (nSPS) is 23.8. The Bertz CT molecular complexity index is 395. The van der Waals surface area contributed by atoms with Crippen LogP contribution in [0.3, 0.4) is 0 Å². The molecule has 2 aliphatic rings. The molecule has 18 heavy (non-hydrogen) atoms. The van der Waals surface area contributed by atoms with Crippen molar-refractivity contribution in [1.29, 1.82) is 0 Å². The summed E-state index contributed by atoms with van der Waals surface area (Å²) < 4.78 is 0. The molecule has 1 aromatic rings. The molecule has 3 rings (SSSR count). The fourth-order valence-corrected chi connectivity index (χ4v) is 4.08. The van der Waals surface area contributed by atoms with Gasteiger partial charge in [-0.25, -0.2) is 4.98 Å². The van der Waals surface area contributed by atoms with Gasteiger partial charge in [0.2, 0.25) is 0 Å². The Hall–Kier alpha value is -0.450. The number of rotatable bonds is 3. The lowest BCUT2D eigenvalue weighted by Gasteiger charge is -2.33. The van der Waals surface area contributed by atoms with E-state index < -0.39 is 0 Å². The predicted octanol–water partition coefficient (Wildman–Crippen LogP) is 2.28. The van der Waals surface area contributed by atoms with Gasteiger partial charge in [-0.2, -0.15) is 0 Å². The molecular weight excluding hydrogens is 242 g/mol. The summed E-state index contributed by atoms with van der Waals surface area (Å²) in [7, 11) is 0. The van der Waals surface area contributed by atoms with E-state index in [0.717, 1.165) is 13.0 Å². The van der Waals surface area contributed by atoms with Crippen LogP contribution in [0.5, 0.6) is 0 Å². The number of thiazole rings is 1. The van der Waals surface area contributed by atoms with Gasteiger partial charge in [0.15, 0.2) is 0 Å². The summed E-state index contributed by atoms with van der Waals surface area (Å²) in [6.07, 6.45) is 5.18. The quantitative estimate of drug-likeness (QED) is 0.909. The number of hydrogen-bond donors (Lipinski definition) is 1. The second kappa shape index (κ2) is 5.27. The van der Waals surface area contributed by atoms with Gasteiger partial charge >= 0.3 is 0 Å². The molecule has 0 bridgehead atoms. The molecule has 2 saturated heterocycles. The third kappa shape index (κ3) is 2.60. The summed E-state index contributed by atoms with van der Waals surface area (Å²) in [5, 5.41) is 7.00. The molecule has 3 heterocycles. The molecule has 1 N–H and O–H groups in total. The minimum absolute atomic E-state index is 0.620. The van der Waals surface area contributed by atoms with Gasteiger partial charge in [0.25, 0.3) is 0 Å². The average molecular weight is 265 g/mol. The van der Waals surface area contributed by atoms with Crippen LogP contribution in [0.2, 0.25) is 0 Å². The molecular formula is C14H23N3S. The van der Waals surface area contributed by atoms with Gasteiger partial charge in [0.1, 0.15) is 0 Å². The molecule has 0 atom stereocenters. The minimum atomic E-state index is 0.620. The Balaban J connectivity index is 1.58. The van der Waals surface area contributed by atoms with Crippen LogP contribution in [0, 0.1) is 5.41 Å². The van der Waals surface area contributed by atoms with Crippen molar-refractivity contribution in [3.05, 3.63) is 16.1 Å². The van der Waals surface area contributed by atoms with Gasteiger partial charge in [0, 0.05) is 18.5 Å². The number of likely N-dealkylation sites (tertiary alicyclic amines) is 1. The van der Waals surface area contributed by atoms with Crippen LogP contribution < -0.4 is 5.32 Å².